The topological polar surface area (TPSA) is 47.0 Å². The maximum atomic E-state index is 6.07. The Balaban J connectivity index is 1.59. The van der Waals surface area contributed by atoms with Crippen molar-refractivity contribution in [3.63, 3.8) is 0 Å². The number of anilines is 1. The number of hydrogen-bond acceptors (Lipinski definition) is 5. The third-order valence-electron chi connectivity index (χ3n) is 4.27. The molecule has 2 fully saturated rings. The van der Waals surface area contributed by atoms with Crippen molar-refractivity contribution in [1.29, 1.82) is 0 Å². The van der Waals surface area contributed by atoms with Crippen LogP contribution in [0.5, 0.6) is 0 Å². The van der Waals surface area contributed by atoms with E-state index in [2.05, 4.69) is 22.4 Å². The second kappa shape index (κ2) is 5.75. The molecule has 1 saturated heterocycles. The van der Waals surface area contributed by atoms with Crippen molar-refractivity contribution < 1.29 is 4.74 Å². The lowest BCUT2D eigenvalue weighted by Crippen LogP contribution is -2.42. The Morgan fingerprint density at radius 1 is 1.37 bits per heavy atom. The summed E-state index contributed by atoms with van der Waals surface area (Å²) in [6.45, 7) is 3.06. The number of ether oxygens (including phenoxy) is 1. The van der Waals surface area contributed by atoms with E-state index in [1.807, 2.05) is 0 Å². The third-order valence-corrected chi connectivity index (χ3v) is 5.18. The molecule has 0 aromatic carbocycles. The standard InChI is InChI=1S/C14H23N3OS/c1-2-5-12-16-17-13(19-12)15-11-6-9-18-14(10-11)7-3-4-8-14/h11H,2-10H2,1H3,(H,15,17). The third kappa shape index (κ3) is 3.08. The molecule has 0 amide bonds. The molecule has 1 aliphatic heterocycles. The smallest absolute Gasteiger partial charge is 0.205 e. The van der Waals surface area contributed by atoms with Crippen molar-refractivity contribution in [2.45, 2.75) is 69.9 Å². The Hall–Kier alpha value is -0.680. The minimum Gasteiger partial charge on any atom is -0.375 e. The van der Waals surface area contributed by atoms with Crippen molar-refractivity contribution in [1.82, 2.24) is 10.2 Å². The summed E-state index contributed by atoms with van der Waals surface area (Å²) in [5, 5.41) is 14.2. The summed E-state index contributed by atoms with van der Waals surface area (Å²) in [4.78, 5) is 0. The Kier molecular flexibility index (Phi) is 4.03. The molecule has 1 N–H and O–H groups in total. The molecule has 1 atom stereocenters. The quantitative estimate of drug-likeness (QED) is 0.919. The van der Waals surface area contributed by atoms with E-state index in [-0.39, 0.29) is 5.60 Å². The highest BCUT2D eigenvalue weighted by molar-refractivity contribution is 7.15. The SMILES string of the molecule is CCCc1nnc(NC2CCOC3(CCCC3)C2)s1. The van der Waals surface area contributed by atoms with Crippen LogP contribution in [0.4, 0.5) is 5.13 Å². The van der Waals surface area contributed by atoms with Gasteiger partial charge in [-0.1, -0.05) is 31.1 Å². The highest BCUT2D eigenvalue weighted by Crippen LogP contribution is 2.40. The van der Waals surface area contributed by atoms with E-state index >= 15 is 0 Å². The zero-order chi connectivity index (χ0) is 13.1. The van der Waals surface area contributed by atoms with E-state index < -0.39 is 0 Å². The summed E-state index contributed by atoms with van der Waals surface area (Å²) in [5.74, 6) is 0. The molecule has 0 bridgehead atoms. The molecule has 1 aliphatic carbocycles. The molecule has 1 aromatic rings. The molecular weight excluding hydrogens is 258 g/mol. The average molecular weight is 281 g/mol. The van der Waals surface area contributed by atoms with Gasteiger partial charge < -0.3 is 10.1 Å². The first-order valence-electron chi connectivity index (χ1n) is 7.52. The lowest BCUT2D eigenvalue weighted by atomic mass is 9.89. The van der Waals surface area contributed by atoms with Crippen LogP contribution in [0.1, 0.15) is 56.9 Å². The summed E-state index contributed by atoms with van der Waals surface area (Å²) < 4.78 is 6.07. The highest BCUT2D eigenvalue weighted by atomic mass is 32.1. The number of aryl methyl sites for hydroxylation is 1. The Morgan fingerprint density at radius 3 is 3.00 bits per heavy atom. The number of nitrogens with one attached hydrogen (secondary N) is 1. The van der Waals surface area contributed by atoms with Crippen LogP contribution in [0.3, 0.4) is 0 Å². The van der Waals surface area contributed by atoms with E-state index in [9.17, 15) is 0 Å². The van der Waals surface area contributed by atoms with Gasteiger partial charge in [-0.3, -0.25) is 0 Å². The molecule has 1 aromatic heterocycles. The van der Waals surface area contributed by atoms with E-state index in [1.165, 1.54) is 25.7 Å². The summed E-state index contributed by atoms with van der Waals surface area (Å²) in [5.41, 5.74) is 0.173. The maximum Gasteiger partial charge on any atom is 0.205 e. The van der Waals surface area contributed by atoms with Gasteiger partial charge >= 0.3 is 0 Å². The van der Waals surface area contributed by atoms with Gasteiger partial charge in [-0.2, -0.15) is 0 Å². The van der Waals surface area contributed by atoms with Gasteiger partial charge in [-0.15, -0.1) is 10.2 Å². The summed E-state index contributed by atoms with van der Waals surface area (Å²) in [6, 6.07) is 0.509. The van der Waals surface area contributed by atoms with Gasteiger partial charge in [0.2, 0.25) is 5.13 Å². The highest BCUT2D eigenvalue weighted by Gasteiger charge is 2.40. The second-order valence-electron chi connectivity index (χ2n) is 5.82. The summed E-state index contributed by atoms with van der Waals surface area (Å²) >= 11 is 1.71. The molecule has 0 radical (unpaired) electrons. The van der Waals surface area contributed by atoms with Gasteiger partial charge in [0.05, 0.1) is 5.60 Å². The predicted molar refractivity (Wildman–Crippen MR) is 77.7 cm³/mol. The van der Waals surface area contributed by atoms with Gasteiger partial charge in [0.1, 0.15) is 5.01 Å². The summed E-state index contributed by atoms with van der Waals surface area (Å²) in [7, 11) is 0. The van der Waals surface area contributed by atoms with Crippen LogP contribution in [0.25, 0.3) is 0 Å². The lowest BCUT2D eigenvalue weighted by Gasteiger charge is -2.38. The Labute approximate surface area is 119 Å². The van der Waals surface area contributed by atoms with Crippen LogP contribution in [0, 0.1) is 0 Å². The summed E-state index contributed by atoms with van der Waals surface area (Å²) in [6.07, 6.45) is 9.52. The predicted octanol–water partition coefficient (Wildman–Crippen LogP) is 3.39. The maximum absolute atomic E-state index is 6.07. The average Bonchev–Trinajstić information content (AvgIpc) is 3.01. The largest absolute Gasteiger partial charge is 0.375 e. The fourth-order valence-electron chi connectivity index (χ4n) is 3.32. The molecule has 1 spiro atoms. The van der Waals surface area contributed by atoms with Crippen LogP contribution < -0.4 is 5.32 Å². The fourth-order valence-corrected chi connectivity index (χ4v) is 4.24. The number of nitrogens with zero attached hydrogens (tertiary/aromatic N) is 2. The first kappa shape index (κ1) is 13.3. The van der Waals surface area contributed by atoms with Gasteiger partial charge in [0.15, 0.2) is 0 Å². The first-order chi connectivity index (χ1) is 9.30. The molecule has 1 unspecified atom stereocenters. The molecular formula is C14H23N3OS. The minimum absolute atomic E-state index is 0.173. The van der Waals surface area contributed by atoms with Crippen molar-refractivity contribution in [3.05, 3.63) is 5.01 Å². The fraction of sp³-hybridized carbons (Fsp3) is 0.857. The molecule has 19 heavy (non-hydrogen) atoms. The van der Waals surface area contributed by atoms with Gasteiger partial charge in [0, 0.05) is 19.1 Å². The first-order valence-corrected chi connectivity index (χ1v) is 8.34. The molecule has 5 heteroatoms. The molecule has 2 aliphatic rings. The second-order valence-corrected chi connectivity index (χ2v) is 6.89. The van der Waals surface area contributed by atoms with Crippen LogP contribution in [-0.2, 0) is 11.2 Å². The van der Waals surface area contributed by atoms with Gasteiger partial charge in [-0.25, -0.2) is 0 Å². The minimum atomic E-state index is 0.173. The van der Waals surface area contributed by atoms with Crippen LogP contribution in [0.15, 0.2) is 0 Å². The van der Waals surface area contributed by atoms with Gasteiger partial charge in [0.25, 0.3) is 0 Å². The Morgan fingerprint density at radius 2 is 2.21 bits per heavy atom. The van der Waals surface area contributed by atoms with Crippen molar-refractivity contribution in [3.8, 4) is 0 Å². The molecule has 4 nitrogen and oxygen atoms in total. The number of rotatable bonds is 4. The van der Waals surface area contributed by atoms with E-state index in [1.54, 1.807) is 11.3 Å². The van der Waals surface area contributed by atoms with Crippen LogP contribution in [-0.4, -0.2) is 28.4 Å². The van der Waals surface area contributed by atoms with E-state index in [4.69, 9.17) is 4.74 Å². The lowest BCUT2D eigenvalue weighted by molar-refractivity contribution is -0.0767. The van der Waals surface area contributed by atoms with E-state index in [0.29, 0.717) is 6.04 Å². The molecule has 2 heterocycles. The zero-order valence-electron chi connectivity index (χ0n) is 11.7. The van der Waals surface area contributed by atoms with Crippen molar-refractivity contribution in [2.24, 2.45) is 0 Å². The monoisotopic (exact) mass is 281 g/mol. The zero-order valence-corrected chi connectivity index (χ0v) is 12.5. The molecule has 3 rings (SSSR count). The molecule has 106 valence electrons. The van der Waals surface area contributed by atoms with Crippen molar-refractivity contribution in [2.75, 3.05) is 11.9 Å². The van der Waals surface area contributed by atoms with Crippen molar-refractivity contribution >= 4 is 16.5 Å². The van der Waals surface area contributed by atoms with E-state index in [0.717, 1.165) is 42.4 Å². The van der Waals surface area contributed by atoms with Gasteiger partial charge in [-0.05, 0) is 32.1 Å². The Bertz CT molecular complexity index is 415. The number of hydrogen-bond donors (Lipinski definition) is 1. The van der Waals surface area contributed by atoms with Crippen LogP contribution >= 0.6 is 11.3 Å². The van der Waals surface area contributed by atoms with Crippen LogP contribution in [0.2, 0.25) is 0 Å². The normalized spacial score (nSPS) is 25.8. The molecule has 1 saturated carbocycles. The number of aromatic nitrogens is 2.